The number of hydrogen-bond acceptors (Lipinski definition) is 5. The first-order valence-corrected chi connectivity index (χ1v) is 6.44. The quantitative estimate of drug-likeness (QED) is 0.653. The molecule has 0 bridgehead atoms. The van der Waals surface area contributed by atoms with Gasteiger partial charge < -0.3 is 0 Å². The number of anilines is 1. The molecule has 2 N–H and O–H groups in total. The Kier molecular flexibility index (Phi) is 3.36. The number of nitrogens with zero attached hydrogens (tertiary/aromatic N) is 2. The fourth-order valence-corrected chi connectivity index (χ4v) is 2.50. The Morgan fingerprint density at radius 1 is 1.30 bits per heavy atom. The molecule has 0 atom stereocenters. The highest BCUT2D eigenvalue weighted by atomic mass is 32.2. The number of aromatic amines is 1. The Balaban J connectivity index is 2.51. The maximum absolute atomic E-state index is 13.5. The number of halogens is 2. The SMILES string of the molecule is O=[N+]([O-])c1cc(S(=O)(=O)Nc2cn[nH]c2)c(F)cc1F. The van der Waals surface area contributed by atoms with Crippen LogP contribution in [0.4, 0.5) is 20.2 Å². The Morgan fingerprint density at radius 3 is 2.55 bits per heavy atom. The summed E-state index contributed by atoms with van der Waals surface area (Å²) in [7, 11) is -4.44. The van der Waals surface area contributed by atoms with E-state index in [1.54, 1.807) is 0 Å². The van der Waals surface area contributed by atoms with E-state index in [1.165, 1.54) is 6.20 Å². The van der Waals surface area contributed by atoms with Gasteiger partial charge in [-0.3, -0.25) is 19.9 Å². The average molecular weight is 304 g/mol. The molecule has 0 radical (unpaired) electrons. The van der Waals surface area contributed by atoms with Crippen molar-refractivity contribution >= 4 is 21.4 Å². The fourth-order valence-electron chi connectivity index (χ4n) is 1.38. The van der Waals surface area contributed by atoms with Crippen LogP contribution in [0.25, 0.3) is 0 Å². The molecule has 8 nitrogen and oxygen atoms in total. The summed E-state index contributed by atoms with van der Waals surface area (Å²) in [5, 5.41) is 16.3. The van der Waals surface area contributed by atoms with E-state index >= 15 is 0 Å². The minimum Gasteiger partial charge on any atom is -0.284 e. The van der Waals surface area contributed by atoms with E-state index in [4.69, 9.17) is 0 Å². The molecule has 0 unspecified atom stereocenters. The largest absolute Gasteiger partial charge is 0.306 e. The lowest BCUT2D eigenvalue weighted by Gasteiger charge is -2.07. The summed E-state index contributed by atoms with van der Waals surface area (Å²) < 4.78 is 52.3. The molecule has 20 heavy (non-hydrogen) atoms. The zero-order valence-corrected chi connectivity index (χ0v) is 10.3. The highest BCUT2D eigenvalue weighted by Gasteiger charge is 2.26. The Bertz CT molecular complexity index is 761. The van der Waals surface area contributed by atoms with Gasteiger partial charge in [0.05, 0.1) is 16.8 Å². The molecular weight excluding hydrogens is 298 g/mol. The molecule has 2 rings (SSSR count). The first-order chi connectivity index (χ1) is 9.31. The van der Waals surface area contributed by atoms with Gasteiger partial charge in [-0.1, -0.05) is 0 Å². The number of hydrogen-bond donors (Lipinski definition) is 2. The van der Waals surface area contributed by atoms with Crippen LogP contribution in [0.5, 0.6) is 0 Å². The van der Waals surface area contributed by atoms with Gasteiger partial charge in [0.25, 0.3) is 10.0 Å². The van der Waals surface area contributed by atoms with Crippen molar-refractivity contribution in [3.8, 4) is 0 Å². The molecule has 0 aliphatic rings. The van der Waals surface area contributed by atoms with Gasteiger partial charge in [-0.2, -0.15) is 9.49 Å². The van der Waals surface area contributed by atoms with E-state index < -0.39 is 37.2 Å². The first kappa shape index (κ1) is 13.9. The van der Waals surface area contributed by atoms with Crippen molar-refractivity contribution in [1.82, 2.24) is 10.2 Å². The summed E-state index contributed by atoms with van der Waals surface area (Å²) in [5.41, 5.74) is -1.14. The molecule has 0 aliphatic carbocycles. The Labute approximate surface area is 110 Å². The van der Waals surface area contributed by atoms with Crippen molar-refractivity contribution in [2.45, 2.75) is 4.90 Å². The van der Waals surface area contributed by atoms with Gasteiger partial charge in [0.2, 0.25) is 5.82 Å². The molecule has 0 aliphatic heterocycles. The molecule has 1 aromatic heterocycles. The van der Waals surface area contributed by atoms with Crippen molar-refractivity contribution in [3.63, 3.8) is 0 Å². The van der Waals surface area contributed by atoms with Crippen LogP contribution in [0.3, 0.4) is 0 Å². The summed E-state index contributed by atoms with van der Waals surface area (Å²) in [4.78, 5) is 8.36. The van der Waals surface area contributed by atoms with E-state index in [0.29, 0.717) is 6.07 Å². The number of nitrogens with one attached hydrogen (secondary N) is 2. The summed E-state index contributed by atoms with van der Waals surface area (Å²) in [6.07, 6.45) is 2.28. The number of rotatable bonds is 4. The predicted octanol–water partition coefficient (Wildman–Crippen LogP) is 1.40. The molecular formula is C9H6F2N4O4S. The van der Waals surface area contributed by atoms with E-state index in [1.807, 2.05) is 4.72 Å². The first-order valence-electron chi connectivity index (χ1n) is 4.96. The van der Waals surface area contributed by atoms with Crippen LogP contribution in [0.1, 0.15) is 0 Å². The van der Waals surface area contributed by atoms with Crippen LogP contribution >= 0.6 is 0 Å². The third kappa shape index (κ3) is 2.56. The molecule has 0 spiro atoms. The maximum atomic E-state index is 13.5. The molecule has 106 valence electrons. The number of nitro benzene ring substituents is 1. The minimum atomic E-state index is -4.44. The van der Waals surface area contributed by atoms with Gasteiger partial charge >= 0.3 is 5.69 Å². The number of nitro groups is 1. The van der Waals surface area contributed by atoms with Crippen molar-refractivity contribution in [3.05, 3.63) is 46.3 Å². The minimum absolute atomic E-state index is 0.00335. The van der Waals surface area contributed by atoms with Gasteiger partial charge in [-0.15, -0.1) is 0 Å². The smallest absolute Gasteiger partial charge is 0.284 e. The van der Waals surface area contributed by atoms with Gasteiger partial charge in [0.1, 0.15) is 10.7 Å². The molecule has 1 heterocycles. The Morgan fingerprint density at radius 2 is 2.00 bits per heavy atom. The molecule has 0 amide bonds. The van der Waals surface area contributed by atoms with Gasteiger partial charge in [-0.25, -0.2) is 12.8 Å². The topological polar surface area (TPSA) is 118 Å². The number of H-pyrrole nitrogens is 1. The lowest BCUT2D eigenvalue weighted by Crippen LogP contribution is -2.15. The second-order valence-corrected chi connectivity index (χ2v) is 5.23. The molecule has 0 fully saturated rings. The summed E-state index contributed by atoms with van der Waals surface area (Å²) in [6, 6.07) is 0.454. The number of sulfonamides is 1. The molecule has 1 aromatic carbocycles. The van der Waals surface area contributed by atoms with Crippen LogP contribution < -0.4 is 4.72 Å². The van der Waals surface area contributed by atoms with E-state index in [-0.39, 0.29) is 11.8 Å². The number of aromatic nitrogens is 2. The van der Waals surface area contributed by atoms with Gasteiger partial charge in [0.15, 0.2) is 0 Å². The van der Waals surface area contributed by atoms with Crippen LogP contribution in [-0.2, 0) is 10.0 Å². The van der Waals surface area contributed by atoms with Gasteiger partial charge in [0, 0.05) is 18.3 Å². The van der Waals surface area contributed by atoms with Crippen molar-refractivity contribution in [2.75, 3.05) is 4.72 Å². The third-order valence-corrected chi connectivity index (χ3v) is 3.63. The summed E-state index contributed by atoms with van der Waals surface area (Å²) >= 11 is 0. The normalized spacial score (nSPS) is 11.3. The predicted molar refractivity (Wildman–Crippen MR) is 62.4 cm³/mol. The summed E-state index contributed by atoms with van der Waals surface area (Å²) in [6.45, 7) is 0. The molecule has 11 heteroatoms. The van der Waals surface area contributed by atoms with Crippen LogP contribution in [0.15, 0.2) is 29.4 Å². The van der Waals surface area contributed by atoms with Crippen LogP contribution in [0, 0.1) is 21.7 Å². The van der Waals surface area contributed by atoms with Crippen LogP contribution in [0.2, 0.25) is 0 Å². The van der Waals surface area contributed by atoms with E-state index in [2.05, 4.69) is 10.2 Å². The maximum Gasteiger partial charge on any atom is 0.306 e. The van der Waals surface area contributed by atoms with E-state index in [0.717, 1.165) is 6.20 Å². The standard InChI is InChI=1S/C9H6F2N4O4S/c10-6-1-7(11)9(2-8(6)15(16)17)20(18,19)14-5-3-12-13-4-5/h1-4,14H,(H,12,13). The lowest BCUT2D eigenvalue weighted by atomic mass is 10.3. The average Bonchev–Trinajstić information content (AvgIpc) is 2.79. The third-order valence-electron chi connectivity index (χ3n) is 2.24. The second-order valence-electron chi connectivity index (χ2n) is 3.58. The number of benzene rings is 1. The van der Waals surface area contributed by atoms with E-state index in [9.17, 15) is 27.3 Å². The van der Waals surface area contributed by atoms with Gasteiger partial charge in [-0.05, 0) is 0 Å². The van der Waals surface area contributed by atoms with Crippen LogP contribution in [-0.4, -0.2) is 23.5 Å². The molecule has 2 aromatic rings. The van der Waals surface area contributed by atoms with Crippen molar-refractivity contribution in [1.29, 1.82) is 0 Å². The Hall–Kier alpha value is -2.56. The fraction of sp³-hybridized carbons (Fsp3) is 0. The monoisotopic (exact) mass is 304 g/mol. The van der Waals surface area contributed by atoms with Crippen molar-refractivity contribution in [2.24, 2.45) is 0 Å². The molecule has 0 saturated carbocycles. The highest BCUT2D eigenvalue weighted by Crippen LogP contribution is 2.26. The van der Waals surface area contributed by atoms with Crippen molar-refractivity contribution < 1.29 is 22.1 Å². The lowest BCUT2D eigenvalue weighted by molar-refractivity contribution is -0.387. The zero-order chi connectivity index (χ0) is 14.9. The second kappa shape index (κ2) is 4.85. The molecule has 0 saturated heterocycles. The zero-order valence-electron chi connectivity index (χ0n) is 9.50. The highest BCUT2D eigenvalue weighted by molar-refractivity contribution is 7.92. The summed E-state index contributed by atoms with van der Waals surface area (Å²) in [5.74, 6) is -2.90.